The summed E-state index contributed by atoms with van der Waals surface area (Å²) in [5, 5.41) is 3.31. The second-order valence-electron chi connectivity index (χ2n) is 5.43. The molecule has 1 unspecified atom stereocenters. The Bertz CT molecular complexity index is 637. The van der Waals surface area contributed by atoms with Gasteiger partial charge < -0.3 is 10.1 Å². The number of carbonyl (C=O) groups excluding carboxylic acids is 1. The Morgan fingerprint density at radius 2 is 1.76 bits per heavy atom. The van der Waals surface area contributed by atoms with Crippen LogP contribution in [0.25, 0.3) is 0 Å². The fraction of sp³-hybridized carbons (Fsp3) is 0.278. The summed E-state index contributed by atoms with van der Waals surface area (Å²) in [5.41, 5.74) is 3.11. The number of rotatable bonds is 4. The molecule has 0 spiro atoms. The second-order valence-corrected chi connectivity index (χ2v) is 5.43. The van der Waals surface area contributed by atoms with E-state index in [9.17, 15) is 4.79 Å². The van der Waals surface area contributed by atoms with Crippen LogP contribution in [0.1, 0.15) is 23.6 Å². The van der Waals surface area contributed by atoms with E-state index in [-0.39, 0.29) is 5.97 Å². The zero-order valence-corrected chi connectivity index (χ0v) is 12.9. The molecule has 3 nitrogen and oxygen atoms in total. The van der Waals surface area contributed by atoms with Gasteiger partial charge in [-0.1, -0.05) is 42.0 Å². The van der Waals surface area contributed by atoms with Crippen molar-refractivity contribution in [3.63, 3.8) is 0 Å². The van der Waals surface area contributed by atoms with Crippen molar-refractivity contribution in [3.05, 3.63) is 65.2 Å². The number of benzene rings is 2. The van der Waals surface area contributed by atoms with Gasteiger partial charge in [0, 0.05) is 5.69 Å². The van der Waals surface area contributed by atoms with E-state index >= 15 is 0 Å². The van der Waals surface area contributed by atoms with Gasteiger partial charge in [0.2, 0.25) is 0 Å². The summed E-state index contributed by atoms with van der Waals surface area (Å²) in [6.07, 6.45) is 0. The van der Waals surface area contributed by atoms with Crippen molar-refractivity contribution in [2.45, 2.75) is 26.3 Å². The van der Waals surface area contributed by atoms with Crippen molar-refractivity contribution < 1.29 is 9.53 Å². The van der Waals surface area contributed by atoms with Gasteiger partial charge in [0.25, 0.3) is 0 Å². The molecular weight excluding hydrogens is 262 g/mol. The zero-order chi connectivity index (χ0) is 15.5. The molecule has 0 aromatic heterocycles. The van der Waals surface area contributed by atoms with E-state index in [0.717, 1.165) is 16.8 Å². The van der Waals surface area contributed by atoms with Crippen molar-refractivity contribution >= 4 is 11.7 Å². The van der Waals surface area contributed by atoms with Crippen molar-refractivity contribution in [2.75, 3.05) is 12.4 Å². The number of hydrogen-bond donors (Lipinski definition) is 1. The van der Waals surface area contributed by atoms with Crippen LogP contribution in [-0.4, -0.2) is 13.1 Å². The summed E-state index contributed by atoms with van der Waals surface area (Å²) >= 11 is 0. The van der Waals surface area contributed by atoms with Crippen LogP contribution < -0.4 is 5.32 Å². The third-order valence-electron chi connectivity index (χ3n) is 3.68. The summed E-state index contributed by atoms with van der Waals surface area (Å²) < 4.78 is 5.03. The number of ether oxygens (including phenoxy) is 1. The summed E-state index contributed by atoms with van der Waals surface area (Å²) in [4.78, 5) is 12.4. The van der Waals surface area contributed by atoms with E-state index in [0.29, 0.717) is 0 Å². The van der Waals surface area contributed by atoms with Crippen molar-refractivity contribution in [1.29, 1.82) is 0 Å². The number of methoxy groups -OCH3 is 1. The lowest BCUT2D eigenvalue weighted by Gasteiger charge is -2.31. The highest BCUT2D eigenvalue weighted by atomic mass is 16.5. The maximum atomic E-state index is 12.4. The van der Waals surface area contributed by atoms with Gasteiger partial charge in [0.05, 0.1) is 7.11 Å². The van der Waals surface area contributed by atoms with Gasteiger partial charge in [-0.2, -0.15) is 0 Å². The van der Waals surface area contributed by atoms with Gasteiger partial charge in [0.1, 0.15) is 0 Å². The smallest absolute Gasteiger partial charge is 0.335 e. The largest absolute Gasteiger partial charge is 0.467 e. The van der Waals surface area contributed by atoms with Gasteiger partial charge in [-0.25, -0.2) is 4.79 Å². The molecule has 1 N–H and O–H groups in total. The maximum absolute atomic E-state index is 12.4. The third kappa shape index (κ3) is 3.07. The molecule has 0 radical (unpaired) electrons. The molecule has 0 fully saturated rings. The van der Waals surface area contributed by atoms with E-state index in [2.05, 4.69) is 11.4 Å². The normalized spacial score (nSPS) is 13.3. The number of carbonyl (C=O) groups is 1. The van der Waals surface area contributed by atoms with Crippen LogP contribution in [0.4, 0.5) is 5.69 Å². The molecular formula is C18H21NO2. The van der Waals surface area contributed by atoms with E-state index < -0.39 is 5.54 Å². The number of nitrogens with one attached hydrogen (secondary N) is 1. The summed E-state index contributed by atoms with van der Waals surface area (Å²) in [6.45, 7) is 5.90. The molecule has 0 saturated heterocycles. The van der Waals surface area contributed by atoms with Gasteiger partial charge >= 0.3 is 5.97 Å². The molecule has 0 aliphatic carbocycles. The number of anilines is 1. The predicted octanol–water partition coefficient (Wildman–Crippen LogP) is 3.80. The average molecular weight is 283 g/mol. The molecule has 3 heteroatoms. The number of esters is 1. The Morgan fingerprint density at radius 3 is 2.33 bits per heavy atom. The molecule has 1 atom stereocenters. The van der Waals surface area contributed by atoms with Gasteiger partial charge in [-0.05, 0) is 44.0 Å². The Balaban J connectivity index is 2.49. The molecule has 0 heterocycles. The first-order valence-electron chi connectivity index (χ1n) is 6.97. The van der Waals surface area contributed by atoms with Gasteiger partial charge in [0.15, 0.2) is 5.54 Å². The van der Waals surface area contributed by atoms with Crippen LogP contribution in [0.15, 0.2) is 48.5 Å². The molecule has 2 aromatic carbocycles. The summed E-state index contributed by atoms with van der Waals surface area (Å²) in [6, 6.07) is 15.7. The molecule has 0 aliphatic rings. The number of para-hydroxylation sites is 1. The van der Waals surface area contributed by atoms with Crippen molar-refractivity contribution in [2.24, 2.45) is 0 Å². The van der Waals surface area contributed by atoms with E-state index in [1.165, 1.54) is 12.7 Å². The van der Waals surface area contributed by atoms with Crippen LogP contribution in [-0.2, 0) is 15.1 Å². The molecule has 0 amide bonds. The fourth-order valence-corrected chi connectivity index (χ4v) is 2.62. The minimum Gasteiger partial charge on any atom is -0.467 e. The third-order valence-corrected chi connectivity index (χ3v) is 3.68. The topological polar surface area (TPSA) is 38.3 Å². The van der Waals surface area contributed by atoms with Crippen molar-refractivity contribution in [3.8, 4) is 0 Å². The van der Waals surface area contributed by atoms with Crippen LogP contribution in [0.5, 0.6) is 0 Å². The SMILES string of the molecule is COC(=O)C(C)(Nc1ccccc1)c1ccc(C)cc1C. The van der Waals surface area contributed by atoms with Gasteiger partial charge in [-0.15, -0.1) is 0 Å². The summed E-state index contributed by atoms with van der Waals surface area (Å²) in [7, 11) is 1.41. The fourth-order valence-electron chi connectivity index (χ4n) is 2.62. The predicted molar refractivity (Wildman–Crippen MR) is 85.3 cm³/mol. The zero-order valence-electron chi connectivity index (χ0n) is 12.9. The molecule has 2 aromatic rings. The van der Waals surface area contributed by atoms with Gasteiger partial charge in [-0.3, -0.25) is 0 Å². The summed E-state index contributed by atoms with van der Waals surface area (Å²) in [5.74, 6) is -0.307. The van der Waals surface area contributed by atoms with E-state index in [1.54, 1.807) is 0 Å². The highest BCUT2D eigenvalue weighted by Gasteiger charge is 2.37. The first-order chi connectivity index (χ1) is 9.97. The number of hydrogen-bond acceptors (Lipinski definition) is 3. The molecule has 0 bridgehead atoms. The van der Waals surface area contributed by atoms with Crippen LogP contribution in [0, 0.1) is 13.8 Å². The Hall–Kier alpha value is -2.29. The monoisotopic (exact) mass is 283 g/mol. The first kappa shape index (κ1) is 15.1. The second kappa shape index (κ2) is 6.00. The Morgan fingerprint density at radius 1 is 1.10 bits per heavy atom. The lowest BCUT2D eigenvalue weighted by Crippen LogP contribution is -2.42. The van der Waals surface area contributed by atoms with Crippen LogP contribution >= 0.6 is 0 Å². The number of aryl methyl sites for hydroxylation is 2. The average Bonchev–Trinajstić information content (AvgIpc) is 2.47. The van der Waals surface area contributed by atoms with E-state index in [1.807, 2.05) is 63.2 Å². The molecule has 110 valence electrons. The lowest BCUT2D eigenvalue weighted by molar-refractivity contribution is -0.145. The van der Waals surface area contributed by atoms with E-state index in [4.69, 9.17) is 4.74 Å². The van der Waals surface area contributed by atoms with Crippen LogP contribution in [0.3, 0.4) is 0 Å². The minimum absolute atomic E-state index is 0.307. The minimum atomic E-state index is -0.923. The highest BCUT2D eigenvalue weighted by Crippen LogP contribution is 2.30. The van der Waals surface area contributed by atoms with Crippen molar-refractivity contribution in [1.82, 2.24) is 0 Å². The molecule has 21 heavy (non-hydrogen) atoms. The molecule has 0 aliphatic heterocycles. The Labute approximate surface area is 126 Å². The van der Waals surface area contributed by atoms with Crippen LogP contribution in [0.2, 0.25) is 0 Å². The molecule has 0 saturated carbocycles. The molecule has 2 rings (SSSR count). The maximum Gasteiger partial charge on any atom is 0.335 e. The standard InChI is InChI=1S/C18H21NO2/c1-13-10-11-16(14(2)12-13)18(3,17(20)21-4)19-15-8-6-5-7-9-15/h5-12,19H,1-4H3. The lowest BCUT2D eigenvalue weighted by atomic mass is 9.87. The first-order valence-corrected chi connectivity index (χ1v) is 6.97. The quantitative estimate of drug-likeness (QED) is 0.867. The highest BCUT2D eigenvalue weighted by molar-refractivity contribution is 5.86. The Kier molecular flexibility index (Phi) is 4.32.